The summed E-state index contributed by atoms with van der Waals surface area (Å²) < 4.78 is 6.50. The van der Waals surface area contributed by atoms with Crippen LogP contribution in [0.4, 0.5) is 0 Å². The van der Waals surface area contributed by atoms with E-state index in [1.807, 2.05) is 24.3 Å². The van der Waals surface area contributed by atoms with Gasteiger partial charge in [0.1, 0.15) is 11.9 Å². The average Bonchev–Trinajstić information content (AvgIpc) is 3.31. The van der Waals surface area contributed by atoms with Gasteiger partial charge in [0.2, 0.25) is 5.91 Å². The molecule has 1 fully saturated rings. The van der Waals surface area contributed by atoms with Crippen LogP contribution in [-0.2, 0) is 17.6 Å². The van der Waals surface area contributed by atoms with Crippen LogP contribution >= 0.6 is 0 Å². The highest BCUT2D eigenvalue weighted by atomic mass is 16.5. The summed E-state index contributed by atoms with van der Waals surface area (Å²) in [6.07, 6.45) is 4.14. The Morgan fingerprint density at radius 3 is 2.48 bits per heavy atom. The molecule has 1 saturated heterocycles. The summed E-state index contributed by atoms with van der Waals surface area (Å²) in [4.78, 5) is 16.1. The topological polar surface area (TPSA) is 32.8 Å². The minimum Gasteiger partial charge on any atom is -0.484 e. The second-order valence-corrected chi connectivity index (χ2v) is 7.86. The third kappa shape index (κ3) is 3.86. The number of likely N-dealkylation sites (N-methyl/N-ethyl adjacent to an activating group) is 1. The zero-order valence-corrected chi connectivity index (χ0v) is 16.2. The molecule has 27 heavy (non-hydrogen) atoms. The summed E-state index contributed by atoms with van der Waals surface area (Å²) in [7, 11) is 3.58. The Hall–Kier alpha value is -2.33. The van der Waals surface area contributed by atoms with Crippen LogP contribution in [-0.4, -0.2) is 48.9 Å². The molecule has 2 aromatic carbocycles. The third-order valence-electron chi connectivity index (χ3n) is 5.79. The van der Waals surface area contributed by atoms with Gasteiger partial charge in [-0.2, -0.15) is 0 Å². The number of benzene rings is 2. The minimum absolute atomic E-state index is 0.0774. The van der Waals surface area contributed by atoms with Gasteiger partial charge in [-0.25, -0.2) is 0 Å². The van der Waals surface area contributed by atoms with E-state index in [0.717, 1.165) is 17.7 Å². The maximum atomic E-state index is 11.9. The zero-order chi connectivity index (χ0) is 18.8. The molecular formula is C23H28N2O2. The summed E-state index contributed by atoms with van der Waals surface area (Å²) in [5.74, 6) is 0.990. The van der Waals surface area contributed by atoms with Crippen molar-refractivity contribution in [2.75, 3.05) is 27.2 Å². The molecular weight excluding hydrogens is 336 g/mol. The number of hydrogen-bond donors (Lipinski definition) is 0. The van der Waals surface area contributed by atoms with Crippen molar-refractivity contribution in [2.24, 2.45) is 0 Å². The summed E-state index contributed by atoms with van der Waals surface area (Å²) in [6.45, 7) is 2.34. The second-order valence-electron chi connectivity index (χ2n) is 7.86. The average molecular weight is 364 g/mol. The van der Waals surface area contributed by atoms with Gasteiger partial charge in [-0.15, -0.1) is 0 Å². The molecule has 4 rings (SSSR count). The molecule has 0 N–H and O–H groups in total. The van der Waals surface area contributed by atoms with Gasteiger partial charge in [0.15, 0.2) is 0 Å². The number of ether oxygens (including phenoxy) is 1. The van der Waals surface area contributed by atoms with Crippen LogP contribution in [0.15, 0.2) is 48.5 Å². The summed E-state index contributed by atoms with van der Waals surface area (Å²) in [5.41, 5.74) is 3.75. The lowest BCUT2D eigenvalue weighted by atomic mass is 10.1. The van der Waals surface area contributed by atoms with Gasteiger partial charge < -0.3 is 9.64 Å². The molecule has 2 aromatic rings. The fraction of sp³-hybridized carbons (Fsp3) is 0.435. The SMILES string of the molecule is CN(C)C(=O)Cc1ccc(O[C@H]2c3ccccc3C[C@@H]2N2CCCC2)cc1. The van der Waals surface area contributed by atoms with Gasteiger partial charge >= 0.3 is 0 Å². The quantitative estimate of drug-likeness (QED) is 0.815. The van der Waals surface area contributed by atoms with Crippen molar-refractivity contribution < 1.29 is 9.53 Å². The van der Waals surface area contributed by atoms with Crippen LogP contribution in [0, 0.1) is 0 Å². The van der Waals surface area contributed by atoms with Crippen molar-refractivity contribution in [1.82, 2.24) is 9.80 Å². The Kier molecular flexibility index (Phi) is 5.17. The Bertz CT molecular complexity index is 794. The van der Waals surface area contributed by atoms with Gasteiger partial charge in [0, 0.05) is 14.1 Å². The Morgan fingerprint density at radius 1 is 1.07 bits per heavy atom. The molecule has 1 heterocycles. The molecule has 2 aliphatic rings. The van der Waals surface area contributed by atoms with Crippen LogP contribution in [0.5, 0.6) is 5.75 Å². The number of amides is 1. The molecule has 1 amide bonds. The van der Waals surface area contributed by atoms with Gasteiger partial charge in [-0.3, -0.25) is 9.69 Å². The van der Waals surface area contributed by atoms with E-state index in [1.54, 1.807) is 19.0 Å². The van der Waals surface area contributed by atoms with Crippen LogP contribution in [0.3, 0.4) is 0 Å². The van der Waals surface area contributed by atoms with E-state index >= 15 is 0 Å². The second kappa shape index (κ2) is 7.73. The lowest BCUT2D eigenvalue weighted by Gasteiger charge is -2.30. The molecule has 0 radical (unpaired) electrons. The maximum absolute atomic E-state index is 11.9. The van der Waals surface area contributed by atoms with E-state index in [9.17, 15) is 4.79 Å². The Morgan fingerprint density at radius 2 is 1.78 bits per heavy atom. The Labute approximate surface area is 161 Å². The van der Waals surface area contributed by atoms with E-state index in [0.29, 0.717) is 12.5 Å². The molecule has 1 aliphatic carbocycles. The van der Waals surface area contributed by atoms with Crippen molar-refractivity contribution in [3.8, 4) is 5.75 Å². The predicted molar refractivity (Wildman–Crippen MR) is 107 cm³/mol. The van der Waals surface area contributed by atoms with Crippen molar-refractivity contribution >= 4 is 5.91 Å². The van der Waals surface area contributed by atoms with Crippen molar-refractivity contribution in [3.63, 3.8) is 0 Å². The highest BCUT2D eigenvalue weighted by Crippen LogP contribution is 2.39. The Balaban J connectivity index is 1.51. The van der Waals surface area contributed by atoms with Crippen LogP contribution in [0.1, 0.15) is 35.6 Å². The third-order valence-corrected chi connectivity index (χ3v) is 5.79. The fourth-order valence-electron chi connectivity index (χ4n) is 4.24. The van der Waals surface area contributed by atoms with E-state index in [1.165, 1.54) is 37.1 Å². The summed E-state index contributed by atoms with van der Waals surface area (Å²) >= 11 is 0. The van der Waals surface area contributed by atoms with Crippen molar-refractivity contribution in [2.45, 2.75) is 37.8 Å². The molecule has 1 aliphatic heterocycles. The lowest BCUT2D eigenvalue weighted by Crippen LogP contribution is -2.38. The van der Waals surface area contributed by atoms with Crippen molar-refractivity contribution in [1.29, 1.82) is 0 Å². The van der Waals surface area contributed by atoms with Gasteiger partial charge in [-0.1, -0.05) is 36.4 Å². The molecule has 4 nitrogen and oxygen atoms in total. The predicted octanol–water partition coefficient (Wildman–Crippen LogP) is 3.46. The first-order chi connectivity index (χ1) is 13.1. The minimum atomic E-state index is 0.0774. The number of nitrogens with zero attached hydrogens (tertiary/aromatic N) is 2. The number of carbonyl (C=O) groups excluding carboxylic acids is 1. The van der Waals surface area contributed by atoms with Gasteiger partial charge in [0.05, 0.1) is 12.5 Å². The van der Waals surface area contributed by atoms with E-state index in [2.05, 4.69) is 29.2 Å². The smallest absolute Gasteiger partial charge is 0.226 e. The standard InChI is InChI=1S/C23H28N2O2/c1-24(2)22(26)15-17-9-11-19(12-10-17)27-23-20-8-4-3-7-18(20)16-21(23)25-13-5-6-14-25/h3-4,7-12,21,23H,5-6,13-16H2,1-2H3/t21-,23-/m0/s1. The van der Waals surface area contributed by atoms with Crippen molar-refractivity contribution in [3.05, 3.63) is 65.2 Å². The molecule has 0 saturated carbocycles. The highest BCUT2D eigenvalue weighted by Gasteiger charge is 2.38. The molecule has 2 atom stereocenters. The molecule has 0 spiro atoms. The molecule has 0 aromatic heterocycles. The number of likely N-dealkylation sites (tertiary alicyclic amines) is 1. The number of fused-ring (bicyclic) bond motifs is 1. The van der Waals surface area contributed by atoms with E-state index in [4.69, 9.17) is 4.74 Å². The molecule has 4 heteroatoms. The maximum Gasteiger partial charge on any atom is 0.226 e. The van der Waals surface area contributed by atoms with Crippen LogP contribution < -0.4 is 4.74 Å². The van der Waals surface area contributed by atoms with Gasteiger partial charge in [0.25, 0.3) is 0 Å². The van der Waals surface area contributed by atoms with Crippen LogP contribution in [0.2, 0.25) is 0 Å². The monoisotopic (exact) mass is 364 g/mol. The summed E-state index contributed by atoms with van der Waals surface area (Å²) in [5, 5.41) is 0. The summed E-state index contributed by atoms with van der Waals surface area (Å²) in [6, 6.07) is 17.1. The highest BCUT2D eigenvalue weighted by molar-refractivity contribution is 5.78. The van der Waals surface area contributed by atoms with E-state index in [-0.39, 0.29) is 12.0 Å². The number of hydrogen-bond acceptors (Lipinski definition) is 3. The van der Waals surface area contributed by atoms with Crippen LogP contribution in [0.25, 0.3) is 0 Å². The first-order valence-corrected chi connectivity index (χ1v) is 9.89. The normalized spacial score (nSPS) is 21.9. The number of rotatable bonds is 5. The first-order valence-electron chi connectivity index (χ1n) is 9.89. The number of carbonyl (C=O) groups is 1. The van der Waals surface area contributed by atoms with Gasteiger partial charge in [-0.05, 0) is 61.2 Å². The lowest BCUT2D eigenvalue weighted by molar-refractivity contribution is -0.127. The zero-order valence-electron chi connectivity index (χ0n) is 16.2. The molecule has 0 unspecified atom stereocenters. The largest absolute Gasteiger partial charge is 0.484 e. The molecule has 142 valence electrons. The molecule has 0 bridgehead atoms. The first kappa shape index (κ1) is 18.1. The fourth-order valence-corrected chi connectivity index (χ4v) is 4.24. The van der Waals surface area contributed by atoms with E-state index < -0.39 is 0 Å².